The number of hydrogen-bond donors (Lipinski definition) is 1. The maximum atomic E-state index is 14.0. The first-order valence-electron chi connectivity index (χ1n) is 6.65. The van der Waals surface area contributed by atoms with Crippen LogP contribution in [0.3, 0.4) is 0 Å². The fourth-order valence-electron chi connectivity index (χ4n) is 2.32. The summed E-state index contributed by atoms with van der Waals surface area (Å²) in [5.41, 5.74) is -1.88. The average Bonchev–Trinajstić information content (AvgIpc) is 2.35. The molecule has 0 atom stereocenters. The number of hydrogen-bond acceptors (Lipinski definition) is 2. The number of benzene rings is 1. The Morgan fingerprint density at radius 2 is 1.86 bits per heavy atom. The molecule has 0 bridgehead atoms. The van der Waals surface area contributed by atoms with Gasteiger partial charge in [0.15, 0.2) is 0 Å². The van der Waals surface area contributed by atoms with Crippen molar-refractivity contribution in [2.24, 2.45) is 0 Å². The molecule has 1 heterocycles. The van der Waals surface area contributed by atoms with Crippen LogP contribution in [0.4, 0.5) is 4.39 Å². The summed E-state index contributed by atoms with van der Waals surface area (Å²) in [4.78, 5) is 26.2. The summed E-state index contributed by atoms with van der Waals surface area (Å²) in [6.07, 6.45) is 0. The molecule has 1 aliphatic heterocycles. The molecule has 4 nitrogen and oxygen atoms in total. The Hall–Kier alpha value is -1.62. The number of carbonyl (C=O) groups is 2. The summed E-state index contributed by atoms with van der Waals surface area (Å²) in [5, 5.41) is 2.92. The molecule has 1 aromatic carbocycles. The minimum atomic E-state index is -1.07. The second-order valence-electron chi connectivity index (χ2n) is 6.23. The lowest BCUT2D eigenvalue weighted by Gasteiger charge is -2.47. The summed E-state index contributed by atoms with van der Waals surface area (Å²) in [7, 11) is 0. The number of amides is 2. The molecule has 0 aliphatic carbocycles. The maximum Gasteiger partial charge on any atom is 0.248 e. The van der Waals surface area contributed by atoms with Crippen molar-refractivity contribution in [3.05, 3.63) is 34.6 Å². The van der Waals surface area contributed by atoms with Crippen LogP contribution >= 0.6 is 11.6 Å². The lowest BCUT2D eigenvalue weighted by molar-refractivity contribution is -0.160. The Bertz CT molecular complexity index is 593. The van der Waals surface area contributed by atoms with Crippen LogP contribution in [0, 0.1) is 5.82 Å². The van der Waals surface area contributed by atoms with E-state index in [2.05, 4.69) is 5.32 Å². The molecule has 1 aromatic rings. The van der Waals surface area contributed by atoms with Crippen LogP contribution in [0.15, 0.2) is 18.2 Å². The third kappa shape index (κ3) is 2.62. The second-order valence-corrected chi connectivity index (χ2v) is 6.64. The van der Waals surface area contributed by atoms with Gasteiger partial charge in [-0.2, -0.15) is 0 Å². The van der Waals surface area contributed by atoms with E-state index >= 15 is 0 Å². The van der Waals surface area contributed by atoms with Gasteiger partial charge in [-0.25, -0.2) is 4.39 Å². The molecule has 114 valence electrons. The molecule has 0 saturated carbocycles. The van der Waals surface area contributed by atoms with E-state index in [0.29, 0.717) is 0 Å². The largest absolute Gasteiger partial charge is 0.340 e. The zero-order valence-corrected chi connectivity index (χ0v) is 13.2. The minimum absolute atomic E-state index is 0.0474. The second kappa shape index (κ2) is 4.98. The van der Waals surface area contributed by atoms with Gasteiger partial charge in [0.05, 0.1) is 6.54 Å². The lowest BCUT2D eigenvalue weighted by Crippen LogP contribution is -2.71. The Kier molecular flexibility index (Phi) is 3.74. The topological polar surface area (TPSA) is 49.4 Å². The van der Waals surface area contributed by atoms with E-state index in [1.807, 2.05) is 0 Å². The van der Waals surface area contributed by atoms with Crippen LogP contribution in [0.2, 0.25) is 5.02 Å². The van der Waals surface area contributed by atoms with Gasteiger partial charge in [-0.3, -0.25) is 9.59 Å². The molecule has 1 N–H and O–H groups in total. The van der Waals surface area contributed by atoms with Gasteiger partial charge < -0.3 is 10.2 Å². The first-order valence-corrected chi connectivity index (χ1v) is 7.03. The minimum Gasteiger partial charge on any atom is -0.340 e. The molecule has 2 rings (SSSR count). The lowest BCUT2D eigenvalue weighted by atomic mass is 9.89. The van der Waals surface area contributed by atoms with Gasteiger partial charge in [0.25, 0.3) is 0 Å². The van der Waals surface area contributed by atoms with Gasteiger partial charge in [0, 0.05) is 10.6 Å². The molecule has 6 heteroatoms. The van der Waals surface area contributed by atoms with Crippen molar-refractivity contribution in [1.82, 2.24) is 10.2 Å². The van der Waals surface area contributed by atoms with Crippen LogP contribution in [0.25, 0.3) is 0 Å². The molecule has 0 radical (unpaired) electrons. The number of piperazine rings is 1. The molecular weight excluding hydrogens is 295 g/mol. The zero-order chi connectivity index (χ0) is 16.0. The van der Waals surface area contributed by atoms with E-state index in [9.17, 15) is 14.0 Å². The van der Waals surface area contributed by atoms with Gasteiger partial charge >= 0.3 is 0 Å². The molecule has 2 amide bonds. The van der Waals surface area contributed by atoms with E-state index < -0.39 is 16.9 Å². The summed E-state index contributed by atoms with van der Waals surface area (Å²) >= 11 is 6.02. The van der Waals surface area contributed by atoms with E-state index in [0.717, 1.165) is 0 Å². The van der Waals surface area contributed by atoms with Gasteiger partial charge in [0.1, 0.15) is 16.9 Å². The number of nitrogens with zero attached hydrogens (tertiary/aromatic N) is 1. The Morgan fingerprint density at radius 1 is 1.24 bits per heavy atom. The summed E-state index contributed by atoms with van der Waals surface area (Å²) in [5.74, 6) is -1.04. The van der Waals surface area contributed by atoms with Crippen LogP contribution in [-0.4, -0.2) is 27.8 Å². The quantitative estimate of drug-likeness (QED) is 0.912. The summed E-state index contributed by atoms with van der Waals surface area (Å²) in [6.45, 7) is 6.46. The standard InChI is InChI=1S/C15H18ClFN2O2/c1-14(2)13(21)19(15(3,4)12(20)18-14)8-9-10(16)6-5-7-11(9)17/h5-7H,8H2,1-4H3,(H,18,20). The molecule has 0 unspecified atom stereocenters. The monoisotopic (exact) mass is 312 g/mol. The third-order valence-electron chi connectivity index (χ3n) is 3.81. The van der Waals surface area contributed by atoms with Gasteiger partial charge in [-0.1, -0.05) is 17.7 Å². The first kappa shape index (κ1) is 15.8. The predicted octanol–water partition coefficient (Wildman–Crippen LogP) is 2.49. The number of carbonyl (C=O) groups excluding carboxylic acids is 2. The molecule has 1 saturated heterocycles. The predicted molar refractivity (Wildman–Crippen MR) is 78.3 cm³/mol. The molecular formula is C15H18ClFN2O2. The van der Waals surface area contributed by atoms with E-state index in [1.165, 1.54) is 17.0 Å². The Labute approximate surface area is 128 Å². The average molecular weight is 313 g/mol. The maximum absolute atomic E-state index is 14.0. The highest BCUT2D eigenvalue weighted by molar-refractivity contribution is 6.31. The van der Waals surface area contributed by atoms with Crippen LogP contribution in [0.5, 0.6) is 0 Å². The molecule has 1 aliphatic rings. The number of rotatable bonds is 2. The van der Waals surface area contributed by atoms with Crippen LogP contribution < -0.4 is 5.32 Å². The molecule has 21 heavy (non-hydrogen) atoms. The Morgan fingerprint density at radius 3 is 2.43 bits per heavy atom. The summed E-state index contributed by atoms with van der Waals surface area (Å²) in [6, 6.07) is 4.35. The van der Waals surface area contributed by atoms with E-state index in [4.69, 9.17) is 11.6 Å². The van der Waals surface area contributed by atoms with Crippen molar-refractivity contribution in [1.29, 1.82) is 0 Å². The van der Waals surface area contributed by atoms with E-state index in [-0.39, 0.29) is 28.9 Å². The molecule has 0 aromatic heterocycles. The van der Waals surface area contributed by atoms with Crippen molar-refractivity contribution in [2.45, 2.75) is 45.3 Å². The fourth-order valence-corrected chi connectivity index (χ4v) is 2.54. The highest BCUT2D eigenvalue weighted by Crippen LogP contribution is 2.30. The van der Waals surface area contributed by atoms with Crippen molar-refractivity contribution < 1.29 is 14.0 Å². The van der Waals surface area contributed by atoms with Crippen LogP contribution in [-0.2, 0) is 16.1 Å². The molecule has 1 fully saturated rings. The van der Waals surface area contributed by atoms with Crippen LogP contribution in [0.1, 0.15) is 33.3 Å². The smallest absolute Gasteiger partial charge is 0.248 e. The van der Waals surface area contributed by atoms with Crippen molar-refractivity contribution >= 4 is 23.4 Å². The zero-order valence-electron chi connectivity index (χ0n) is 12.5. The van der Waals surface area contributed by atoms with Crippen molar-refractivity contribution in [3.8, 4) is 0 Å². The number of nitrogens with one attached hydrogen (secondary N) is 1. The van der Waals surface area contributed by atoms with Gasteiger partial charge in [-0.05, 0) is 39.8 Å². The van der Waals surface area contributed by atoms with Gasteiger partial charge in [-0.15, -0.1) is 0 Å². The highest BCUT2D eigenvalue weighted by Gasteiger charge is 2.50. The SMILES string of the molecule is CC1(C)NC(=O)C(C)(C)N(Cc2c(F)cccc2Cl)C1=O. The summed E-state index contributed by atoms with van der Waals surface area (Å²) < 4.78 is 14.0. The third-order valence-corrected chi connectivity index (χ3v) is 4.17. The first-order chi connectivity index (χ1) is 9.57. The van der Waals surface area contributed by atoms with E-state index in [1.54, 1.807) is 33.8 Å². The fraction of sp³-hybridized carbons (Fsp3) is 0.467. The van der Waals surface area contributed by atoms with Crippen molar-refractivity contribution in [3.63, 3.8) is 0 Å². The molecule has 0 spiro atoms. The van der Waals surface area contributed by atoms with Gasteiger partial charge in [0.2, 0.25) is 11.8 Å². The van der Waals surface area contributed by atoms with Crippen molar-refractivity contribution in [2.75, 3.05) is 0 Å². The normalized spacial score (nSPS) is 20.4. The Balaban J connectivity index is 2.44. The number of halogens is 2. The highest BCUT2D eigenvalue weighted by atomic mass is 35.5.